The third-order valence-electron chi connectivity index (χ3n) is 6.38. The quantitative estimate of drug-likeness (QED) is 0.144. The molecule has 0 radical (unpaired) electrons. The van der Waals surface area contributed by atoms with Gasteiger partial charge >= 0.3 is 6.09 Å². The number of rotatable bonds is 0. The Morgan fingerprint density at radius 3 is 2.26 bits per heavy atom. The van der Waals surface area contributed by atoms with Crippen LogP contribution in [-0.4, -0.2) is 60.0 Å². The molecule has 0 saturated heterocycles. The third kappa shape index (κ3) is 7.95. The molecule has 234 valence electrons. The van der Waals surface area contributed by atoms with E-state index in [1.807, 2.05) is 30.6 Å². The summed E-state index contributed by atoms with van der Waals surface area (Å²) in [4.78, 5) is 40.5. The standard InChI is InChI=1S/C11H12ClN3O2.C7H5ClN2.C7H7N2O.C7H6N2/c1-11(2,3)17-10(16)15-6-14-8-7(12)4-5-13-9(8)15;8-5-1-3-9-6-2-4-10-7(5)6;10-9-5-1-2-6-7(9)3-4-8-6;1-2-6-7(8-4-1)3-5-9-6/h4-6H,1-3H3;1,3-4H,2H2;1-2,4-5,10H,3H2;1-2,4-5H,3H2/q;;+1;. The second-order valence-electron chi connectivity index (χ2n) is 10.8. The maximum Gasteiger partial charge on any atom is 0.421 e. The molecule has 0 fully saturated rings. The fourth-order valence-corrected chi connectivity index (χ4v) is 4.71. The maximum absolute atomic E-state index is 11.9. The summed E-state index contributed by atoms with van der Waals surface area (Å²) < 4.78 is 7.59. The second-order valence-corrected chi connectivity index (χ2v) is 11.7. The molecular weight excluding hydrogens is 629 g/mol. The molecule has 0 aromatic carbocycles. The molecule has 5 aromatic heterocycles. The minimum Gasteiger partial charge on any atom is -0.443 e. The topological polar surface area (TPSA) is 144 Å². The molecule has 0 bridgehead atoms. The van der Waals surface area contributed by atoms with Crippen LogP contribution in [0.1, 0.15) is 37.9 Å². The van der Waals surface area contributed by atoms with Gasteiger partial charge in [-0.05, 0) is 51.1 Å². The molecule has 3 aliphatic rings. The van der Waals surface area contributed by atoms with Crippen molar-refractivity contribution in [1.82, 2.24) is 24.5 Å². The molecule has 0 spiro atoms. The number of carbonyl (C=O) groups excluding carboxylic acids is 1. The highest BCUT2D eigenvalue weighted by Gasteiger charge is 2.21. The van der Waals surface area contributed by atoms with Gasteiger partial charge in [-0.3, -0.25) is 30.2 Å². The molecule has 8 heterocycles. The molecular formula is C32H30Cl2N9O3+. The summed E-state index contributed by atoms with van der Waals surface area (Å²) in [6.07, 6.45) is 15.4. The Hall–Kier alpha value is -5.07. The van der Waals surface area contributed by atoms with Crippen molar-refractivity contribution in [3.8, 4) is 0 Å². The summed E-state index contributed by atoms with van der Waals surface area (Å²) >= 11 is 11.8. The van der Waals surface area contributed by atoms with Crippen molar-refractivity contribution in [3.05, 3.63) is 94.6 Å². The summed E-state index contributed by atoms with van der Waals surface area (Å²) in [6, 6.07) is 10.9. The van der Waals surface area contributed by atoms with E-state index in [0.717, 1.165) is 58.1 Å². The van der Waals surface area contributed by atoms with E-state index in [0.29, 0.717) is 21.2 Å². The molecule has 0 aliphatic carbocycles. The number of aromatic nitrogens is 6. The normalized spacial score (nSPS) is 13.0. The number of aliphatic imine (C=N–C) groups is 3. The van der Waals surface area contributed by atoms with Gasteiger partial charge in [-0.15, -0.1) is 0 Å². The lowest BCUT2D eigenvalue weighted by atomic mass is 10.2. The van der Waals surface area contributed by atoms with Crippen molar-refractivity contribution >= 4 is 76.2 Å². The van der Waals surface area contributed by atoms with Gasteiger partial charge in [0.25, 0.3) is 5.69 Å². The lowest BCUT2D eigenvalue weighted by Crippen LogP contribution is -2.33. The zero-order chi connectivity index (χ0) is 32.7. The number of hydrogen-bond donors (Lipinski definition) is 1. The predicted octanol–water partition coefficient (Wildman–Crippen LogP) is 6.67. The van der Waals surface area contributed by atoms with Crippen molar-refractivity contribution < 1.29 is 19.5 Å². The number of imidazole rings is 1. The molecule has 0 saturated carbocycles. The molecule has 0 atom stereocenters. The Morgan fingerprint density at radius 2 is 1.50 bits per heavy atom. The fraction of sp³-hybridized carbons (Fsp3) is 0.219. The summed E-state index contributed by atoms with van der Waals surface area (Å²) in [6.45, 7) is 5.39. The van der Waals surface area contributed by atoms with Crippen molar-refractivity contribution in [2.45, 2.75) is 45.6 Å². The van der Waals surface area contributed by atoms with Crippen LogP contribution >= 0.6 is 23.2 Å². The van der Waals surface area contributed by atoms with Crippen molar-refractivity contribution in [3.63, 3.8) is 0 Å². The van der Waals surface area contributed by atoms with Crippen LogP contribution < -0.4 is 4.73 Å². The number of fused-ring (bicyclic) bond motifs is 4. The average molecular weight is 660 g/mol. The zero-order valence-corrected chi connectivity index (χ0v) is 26.8. The summed E-state index contributed by atoms with van der Waals surface area (Å²) in [5.74, 6) is 0. The minimum atomic E-state index is -0.563. The summed E-state index contributed by atoms with van der Waals surface area (Å²) in [5.41, 5.74) is 5.98. The Balaban J connectivity index is 0.000000125. The van der Waals surface area contributed by atoms with Gasteiger partial charge in [-0.1, -0.05) is 23.2 Å². The van der Waals surface area contributed by atoms with Crippen LogP contribution in [0.3, 0.4) is 0 Å². The summed E-state index contributed by atoms with van der Waals surface area (Å²) in [7, 11) is 0. The van der Waals surface area contributed by atoms with E-state index < -0.39 is 11.7 Å². The van der Waals surface area contributed by atoms with Gasteiger partial charge in [-0.2, -0.15) is 0 Å². The first-order valence-corrected chi connectivity index (χ1v) is 14.9. The number of pyridine rings is 4. The van der Waals surface area contributed by atoms with E-state index in [4.69, 9.17) is 33.1 Å². The van der Waals surface area contributed by atoms with Crippen LogP contribution in [0.25, 0.3) is 11.2 Å². The van der Waals surface area contributed by atoms with Gasteiger partial charge in [0.2, 0.25) is 6.20 Å². The Kier molecular flexibility index (Phi) is 10.1. The molecule has 3 aliphatic heterocycles. The number of carbonyl (C=O) groups is 1. The first-order valence-electron chi connectivity index (χ1n) is 14.2. The van der Waals surface area contributed by atoms with Crippen LogP contribution in [-0.2, 0) is 24.0 Å². The monoisotopic (exact) mass is 658 g/mol. The van der Waals surface area contributed by atoms with Crippen molar-refractivity contribution in [1.29, 1.82) is 0 Å². The van der Waals surface area contributed by atoms with E-state index in [1.165, 1.54) is 17.1 Å². The minimum absolute atomic E-state index is 0.395. The highest BCUT2D eigenvalue weighted by molar-refractivity contribution is 6.34. The van der Waals surface area contributed by atoms with Crippen LogP contribution in [0.2, 0.25) is 10.0 Å². The highest BCUT2D eigenvalue weighted by Crippen LogP contribution is 2.30. The Labute approximate surface area is 274 Å². The first kappa shape index (κ1) is 32.3. The smallest absolute Gasteiger partial charge is 0.421 e. The van der Waals surface area contributed by atoms with Gasteiger partial charge in [-0.25, -0.2) is 19.3 Å². The maximum atomic E-state index is 11.9. The van der Waals surface area contributed by atoms with E-state index in [2.05, 4.69) is 34.9 Å². The molecule has 14 heteroatoms. The first-order chi connectivity index (χ1) is 22.1. The van der Waals surface area contributed by atoms with Gasteiger partial charge in [0.1, 0.15) is 28.8 Å². The number of ether oxygens (including phenoxy) is 1. The average Bonchev–Trinajstić information content (AvgIpc) is 3.84. The Morgan fingerprint density at radius 1 is 0.826 bits per heavy atom. The second kappa shape index (κ2) is 14.4. The molecule has 1 N–H and O–H groups in total. The number of hydrogen-bond acceptors (Lipinski definition) is 10. The van der Waals surface area contributed by atoms with Gasteiger partial charge in [0, 0.05) is 60.9 Å². The summed E-state index contributed by atoms with van der Waals surface area (Å²) in [5, 5.41) is 10.3. The van der Waals surface area contributed by atoms with Crippen LogP contribution in [0, 0.1) is 0 Å². The largest absolute Gasteiger partial charge is 0.443 e. The van der Waals surface area contributed by atoms with Gasteiger partial charge in [0.15, 0.2) is 5.65 Å². The molecule has 0 amide bonds. The SMILES string of the molecule is C1=Nc2cccnc2C1.CC(C)(C)OC(=O)n1cnc2c(Cl)ccnc21.Clc1ccnc2c1N=CC2.O[n+]1cccc2c1CC=N2. The number of nitrogens with zero attached hydrogens (tertiary/aromatic N) is 9. The lowest BCUT2D eigenvalue weighted by Gasteiger charge is -2.19. The van der Waals surface area contributed by atoms with E-state index in [-0.39, 0.29) is 0 Å². The molecule has 0 unspecified atom stereocenters. The lowest BCUT2D eigenvalue weighted by molar-refractivity contribution is -0.908. The zero-order valence-electron chi connectivity index (χ0n) is 25.2. The van der Waals surface area contributed by atoms with Crippen molar-refractivity contribution in [2.24, 2.45) is 15.0 Å². The van der Waals surface area contributed by atoms with Crippen LogP contribution in [0.5, 0.6) is 0 Å². The number of halogens is 2. The van der Waals surface area contributed by atoms with Crippen LogP contribution in [0.4, 0.5) is 21.9 Å². The molecule has 12 nitrogen and oxygen atoms in total. The van der Waals surface area contributed by atoms with E-state index >= 15 is 0 Å². The van der Waals surface area contributed by atoms with Gasteiger partial charge < -0.3 is 4.74 Å². The fourth-order valence-electron chi connectivity index (χ4n) is 4.31. The molecule has 5 aromatic rings. The van der Waals surface area contributed by atoms with Crippen LogP contribution in [0.15, 0.2) is 82.5 Å². The molecule has 46 heavy (non-hydrogen) atoms. The van der Waals surface area contributed by atoms with Gasteiger partial charge in [0.05, 0.1) is 33.5 Å². The predicted molar refractivity (Wildman–Crippen MR) is 177 cm³/mol. The highest BCUT2D eigenvalue weighted by atomic mass is 35.5. The van der Waals surface area contributed by atoms with E-state index in [1.54, 1.807) is 63.8 Å². The third-order valence-corrected chi connectivity index (χ3v) is 6.99. The molecule has 8 rings (SSSR count). The van der Waals surface area contributed by atoms with Crippen molar-refractivity contribution in [2.75, 3.05) is 0 Å². The Bertz CT molecular complexity index is 1970. The van der Waals surface area contributed by atoms with E-state index in [9.17, 15) is 4.79 Å².